The quantitative estimate of drug-likeness (QED) is 0.427. The minimum absolute atomic E-state index is 0.0530. The van der Waals surface area contributed by atoms with Crippen LogP contribution in [0, 0.1) is 10.1 Å². The van der Waals surface area contributed by atoms with Gasteiger partial charge in [0.05, 0.1) is 10.5 Å². The Hall–Kier alpha value is -3.21. The van der Waals surface area contributed by atoms with Crippen LogP contribution in [0.4, 0.5) is 24.5 Å². The third-order valence-corrected chi connectivity index (χ3v) is 3.29. The van der Waals surface area contributed by atoms with Crippen LogP contribution in [0.2, 0.25) is 0 Å². The topological polar surface area (TPSA) is 96.3 Å². The van der Waals surface area contributed by atoms with Crippen LogP contribution in [-0.4, -0.2) is 15.9 Å². The first kappa shape index (κ1) is 19.1. The summed E-state index contributed by atoms with van der Waals surface area (Å²) in [5.41, 5.74) is 3.00. The van der Waals surface area contributed by atoms with Crippen molar-refractivity contribution in [2.75, 3.05) is 5.32 Å². The van der Waals surface area contributed by atoms with E-state index in [-0.39, 0.29) is 16.4 Å². The molecular weight excluding hydrogens is 373 g/mol. The van der Waals surface area contributed by atoms with E-state index in [1.807, 2.05) is 0 Å². The summed E-state index contributed by atoms with van der Waals surface area (Å²) in [6, 6.07) is 9.55. The molecule has 136 valence electrons. The molecule has 0 unspecified atom stereocenters. The predicted octanol–water partition coefficient (Wildman–Crippen LogP) is 3.25. The summed E-state index contributed by atoms with van der Waals surface area (Å²) in [5.74, 6) is -0.828. The van der Waals surface area contributed by atoms with Crippen molar-refractivity contribution in [3.8, 4) is 0 Å². The van der Waals surface area contributed by atoms with Gasteiger partial charge in [0.2, 0.25) is 0 Å². The van der Waals surface area contributed by atoms with Gasteiger partial charge in [-0.3, -0.25) is 25.8 Å². The SMILES string of the molecule is O=C(NNC(=S)Nc1cccc(C(F)(F)F)c1)c1ccccc1[N+](=O)[O-]. The molecule has 0 aliphatic rings. The Balaban J connectivity index is 1.99. The number of hydrogen-bond acceptors (Lipinski definition) is 4. The summed E-state index contributed by atoms with van der Waals surface area (Å²) in [6.07, 6.45) is -4.51. The Morgan fingerprint density at radius 3 is 2.42 bits per heavy atom. The number of carbonyl (C=O) groups excluding carboxylic acids is 1. The molecule has 1 amide bonds. The number of nitrogens with zero attached hydrogens (tertiary/aromatic N) is 1. The molecule has 0 aromatic heterocycles. The number of nitrogens with one attached hydrogen (secondary N) is 3. The van der Waals surface area contributed by atoms with Crippen molar-refractivity contribution in [2.24, 2.45) is 0 Å². The van der Waals surface area contributed by atoms with Gasteiger partial charge in [-0.1, -0.05) is 18.2 Å². The Bertz CT molecular complexity index is 858. The van der Waals surface area contributed by atoms with Gasteiger partial charge in [0.25, 0.3) is 11.6 Å². The van der Waals surface area contributed by atoms with E-state index >= 15 is 0 Å². The molecule has 2 rings (SSSR count). The number of alkyl halides is 3. The van der Waals surface area contributed by atoms with Crippen LogP contribution in [0.5, 0.6) is 0 Å². The van der Waals surface area contributed by atoms with Gasteiger partial charge < -0.3 is 5.32 Å². The molecule has 0 saturated heterocycles. The standard InChI is InChI=1S/C15H11F3N4O3S/c16-15(17,18)9-4-3-5-10(8-9)19-14(26)21-20-13(23)11-6-1-2-7-12(11)22(24)25/h1-8H,(H,20,23)(H2,19,21,26). The fraction of sp³-hybridized carbons (Fsp3) is 0.0667. The minimum atomic E-state index is -4.51. The summed E-state index contributed by atoms with van der Waals surface area (Å²) in [7, 11) is 0. The van der Waals surface area contributed by atoms with Crippen LogP contribution in [0.3, 0.4) is 0 Å². The predicted molar refractivity (Wildman–Crippen MR) is 91.4 cm³/mol. The van der Waals surface area contributed by atoms with E-state index in [9.17, 15) is 28.1 Å². The number of thiocarbonyl (C=S) groups is 1. The highest BCUT2D eigenvalue weighted by atomic mass is 32.1. The highest BCUT2D eigenvalue weighted by molar-refractivity contribution is 7.80. The summed E-state index contributed by atoms with van der Waals surface area (Å²) in [4.78, 5) is 22.2. The Labute approximate surface area is 150 Å². The zero-order chi connectivity index (χ0) is 19.3. The van der Waals surface area contributed by atoms with Crippen molar-refractivity contribution < 1.29 is 22.9 Å². The average molecular weight is 384 g/mol. The molecule has 0 aliphatic carbocycles. The molecule has 0 radical (unpaired) electrons. The molecule has 3 N–H and O–H groups in total. The van der Waals surface area contributed by atoms with Crippen LogP contribution >= 0.6 is 12.2 Å². The Kier molecular flexibility index (Phi) is 5.72. The van der Waals surface area contributed by atoms with E-state index in [1.165, 1.54) is 30.3 Å². The zero-order valence-corrected chi connectivity index (χ0v) is 13.6. The lowest BCUT2D eigenvalue weighted by atomic mass is 10.2. The van der Waals surface area contributed by atoms with Gasteiger partial charge in [0.1, 0.15) is 5.56 Å². The van der Waals surface area contributed by atoms with Crippen molar-refractivity contribution in [1.29, 1.82) is 0 Å². The van der Waals surface area contributed by atoms with E-state index < -0.39 is 28.3 Å². The molecule has 0 atom stereocenters. The van der Waals surface area contributed by atoms with Crippen LogP contribution in [-0.2, 0) is 6.18 Å². The third kappa shape index (κ3) is 4.89. The molecule has 7 nitrogen and oxygen atoms in total. The van der Waals surface area contributed by atoms with Crippen LogP contribution < -0.4 is 16.2 Å². The van der Waals surface area contributed by atoms with Crippen LogP contribution in [0.15, 0.2) is 48.5 Å². The van der Waals surface area contributed by atoms with Crippen molar-refractivity contribution in [2.45, 2.75) is 6.18 Å². The number of anilines is 1. The van der Waals surface area contributed by atoms with E-state index in [1.54, 1.807) is 0 Å². The molecule has 26 heavy (non-hydrogen) atoms. The number of nitro groups is 1. The molecule has 0 fully saturated rings. The van der Waals surface area contributed by atoms with E-state index in [0.717, 1.165) is 18.2 Å². The number of amides is 1. The lowest BCUT2D eigenvalue weighted by Gasteiger charge is -2.13. The van der Waals surface area contributed by atoms with Gasteiger partial charge in [-0.25, -0.2) is 0 Å². The molecule has 11 heteroatoms. The first-order valence-electron chi connectivity index (χ1n) is 6.96. The number of rotatable bonds is 3. The number of carbonyl (C=O) groups is 1. The van der Waals surface area contributed by atoms with Crippen molar-refractivity contribution in [3.63, 3.8) is 0 Å². The molecule has 2 aromatic carbocycles. The average Bonchev–Trinajstić information content (AvgIpc) is 2.59. The fourth-order valence-electron chi connectivity index (χ4n) is 1.94. The van der Waals surface area contributed by atoms with Crippen molar-refractivity contribution >= 4 is 34.6 Å². The van der Waals surface area contributed by atoms with Crippen LogP contribution in [0.25, 0.3) is 0 Å². The Morgan fingerprint density at radius 2 is 1.77 bits per heavy atom. The van der Waals surface area contributed by atoms with E-state index in [4.69, 9.17) is 12.2 Å². The van der Waals surface area contributed by atoms with E-state index in [0.29, 0.717) is 0 Å². The summed E-state index contributed by atoms with van der Waals surface area (Å²) in [5, 5.41) is 13.2. The van der Waals surface area contributed by atoms with Gasteiger partial charge in [0, 0.05) is 11.8 Å². The van der Waals surface area contributed by atoms with Gasteiger partial charge in [-0.2, -0.15) is 13.2 Å². The molecule has 0 spiro atoms. The van der Waals surface area contributed by atoms with Gasteiger partial charge in [0.15, 0.2) is 5.11 Å². The normalized spacial score (nSPS) is 10.7. The number of para-hydroxylation sites is 1. The second-order valence-corrected chi connectivity index (χ2v) is 5.29. The largest absolute Gasteiger partial charge is 0.416 e. The number of nitro benzene ring substituents is 1. The summed E-state index contributed by atoms with van der Waals surface area (Å²) in [6.45, 7) is 0. The van der Waals surface area contributed by atoms with Crippen molar-refractivity contribution in [1.82, 2.24) is 10.9 Å². The van der Waals surface area contributed by atoms with Gasteiger partial charge in [-0.05, 0) is 36.5 Å². The molecule has 0 heterocycles. The van der Waals surface area contributed by atoms with Crippen LogP contribution in [0.1, 0.15) is 15.9 Å². The number of hydrazine groups is 1. The Morgan fingerprint density at radius 1 is 1.08 bits per heavy atom. The number of hydrogen-bond donors (Lipinski definition) is 3. The monoisotopic (exact) mass is 384 g/mol. The first-order chi connectivity index (χ1) is 12.2. The second kappa shape index (κ2) is 7.78. The maximum Gasteiger partial charge on any atom is 0.416 e. The molecule has 0 saturated carbocycles. The highest BCUT2D eigenvalue weighted by Crippen LogP contribution is 2.30. The molecule has 0 aliphatic heterocycles. The molecule has 0 bridgehead atoms. The maximum absolute atomic E-state index is 12.7. The fourth-order valence-corrected chi connectivity index (χ4v) is 2.11. The van der Waals surface area contributed by atoms with Gasteiger partial charge in [-0.15, -0.1) is 0 Å². The molecular formula is C15H11F3N4O3S. The highest BCUT2D eigenvalue weighted by Gasteiger charge is 2.30. The smallest absolute Gasteiger partial charge is 0.331 e. The molecule has 2 aromatic rings. The van der Waals surface area contributed by atoms with Crippen molar-refractivity contribution in [3.05, 3.63) is 69.8 Å². The third-order valence-electron chi connectivity index (χ3n) is 3.08. The van der Waals surface area contributed by atoms with E-state index in [2.05, 4.69) is 16.2 Å². The number of halogens is 3. The summed E-state index contributed by atoms with van der Waals surface area (Å²) >= 11 is 4.87. The maximum atomic E-state index is 12.7. The summed E-state index contributed by atoms with van der Waals surface area (Å²) < 4.78 is 38.0. The minimum Gasteiger partial charge on any atom is -0.331 e. The first-order valence-corrected chi connectivity index (χ1v) is 7.37. The lowest BCUT2D eigenvalue weighted by molar-refractivity contribution is -0.385. The lowest BCUT2D eigenvalue weighted by Crippen LogP contribution is -2.43. The second-order valence-electron chi connectivity index (χ2n) is 4.89. The van der Waals surface area contributed by atoms with Gasteiger partial charge >= 0.3 is 6.18 Å². The zero-order valence-electron chi connectivity index (χ0n) is 12.8. The number of benzene rings is 2.